The summed E-state index contributed by atoms with van der Waals surface area (Å²) in [6.07, 6.45) is 0.692. The lowest BCUT2D eigenvalue weighted by Gasteiger charge is -2.09. The molecule has 0 aromatic heterocycles. The minimum Gasteiger partial charge on any atom is -0.385 e. The standard InChI is InChI=1S/C18H23N5O5S/c19-29(27,28)17-8-2-14(3-9-17)12-20-13-18(24)22-11-1-10-21-15-4-6-16(7-5-15)23(25)26/h2-9,20-21H,1,10-13H2,(H,22,24)(H2,19,27,28). The average Bonchev–Trinajstić information content (AvgIpc) is 2.68. The van der Waals surface area contributed by atoms with E-state index < -0.39 is 14.9 Å². The summed E-state index contributed by atoms with van der Waals surface area (Å²) in [6.45, 7) is 1.65. The van der Waals surface area contributed by atoms with Crippen LogP contribution in [0.2, 0.25) is 0 Å². The number of benzene rings is 2. The molecule has 0 spiro atoms. The van der Waals surface area contributed by atoms with E-state index in [-0.39, 0.29) is 23.0 Å². The van der Waals surface area contributed by atoms with Crippen LogP contribution in [-0.2, 0) is 21.4 Å². The van der Waals surface area contributed by atoms with Crippen LogP contribution in [0.4, 0.5) is 11.4 Å². The molecular weight excluding hydrogens is 398 g/mol. The molecule has 2 aromatic carbocycles. The van der Waals surface area contributed by atoms with Gasteiger partial charge in [-0.2, -0.15) is 0 Å². The number of primary sulfonamides is 1. The Bertz CT molecular complexity index is 930. The fraction of sp³-hybridized carbons (Fsp3) is 0.278. The van der Waals surface area contributed by atoms with Crippen molar-refractivity contribution in [3.05, 3.63) is 64.2 Å². The van der Waals surface area contributed by atoms with Crippen LogP contribution in [0.5, 0.6) is 0 Å². The number of non-ortho nitro benzene ring substituents is 1. The van der Waals surface area contributed by atoms with Gasteiger partial charge in [0.25, 0.3) is 5.69 Å². The van der Waals surface area contributed by atoms with Gasteiger partial charge in [0.05, 0.1) is 16.4 Å². The van der Waals surface area contributed by atoms with Gasteiger partial charge in [0.15, 0.2) is 0 Å². The Hall–Kier alpha value is -3.02. The first kappa shape index (κ1) is 22.3. The van der Waals surface area contributed by atoms with Crippen molar-refractivity contribution in [1.82, 2.24) is 10.6 Å². The largest absolute Gasteiger partial charge is 0.385 e. The predicted molar refractivity (Wildman–Crippen MR) is 109 cm³/mol. The van der Waals surface area contributed by atoms with Gasteiger partial charge >= 0.3 is 0 Å². The zero-order chi connectivity index (χ0) is 21.3. The van der Waals surface area contributed by atoms with E-state index in [0.717, 1.165) is 11.3 Å². The molecule has 0 aliphatic heterocycles. The van der Waals surface area contributed by atoms with Gasteiger partial charge in [-0.15, -0.1) is 0 Å². The second-order valence-corrected chi connectivity index (χ2v) is 7.79. The highest BCUT2D eigenvalue weighted by atomic mass is 32.2. The lowest BCUT2D eigenvalue weighted by Crippen LogP contribution is -2.34. The van der Waals surface area contributed by atoms with Crippen molar-refractivity contribution in [2.45, 2.75) is 17.9 Å². The fourth-order valence-electron chi connectivity index (χ4n) is 2.43. The van der Waals surface area contributed by atoms with Crippen LogP contribution in [0.3, 0.4) is 0 Å². The number of carbonyl (C=O) groups excluding carboxylic acids is 1. The van der Waals surface area contributed by atoms with E-state index in [1.807, 2.05) is 0 Å². The van der Waals surface area contributed by atoms with Crippen molar-refractivity contribution in [2.24, 2.45) is 5.14 Å². The van der Waals surface area contributed by atoms with Crippen molar-refractivity contribution in [1.29, 1.82) is 0 Å². The van der Waals surface area contributed by atoms with E-state index in [0.29, 0.717) is 26.1 Å². The number of nitrogens with two attached hydrogens (primary N) is 1. The van der Waals surface area contributed by atoms with Crippen LogP contribution in [0.1, 0.15) is 12.0 Å². The van der Waals surface area contributed by atoms with Gasteiger partial charge in [-0.05, 0) is 36.2 Å². The van der Waals surface area contributed by atoms with Gasteiger partial charge in [0.1, 0.15) is 0 Å². The number of nitrogens with one attached hydrogen (secondary N) is 3. The molecule has 0 atom stereocenters. The van der Waals surface area contributed by atoms with E-state index in [2.05, 4.69) is 16.0 Å². The molecule has 1 amide bonds. The Morgan fingerprint density at radius 2 is 1.69 bits per heavy atom. The molecule has 0 unspecified atom stereocenters. The monoisotopic (exact) mass is 421 g/mol. The number of sulfonamides is 1. The van der Waals surface area contributed by atoms with Gasteiger partial charge < -0.3 is 16.0 Å². The normalized spacial score (nSPS) is 11.1. The number of rotatable bonds is 11. The maximum atomic E-state index is 11.8. The van der Waals surface area contributed by atoms with Gasteiger partial charge in [-0.25, -0.2) is 13.6 Å². The number of amides is 1. The highest BCUT2D eigenvalue weighted by Crippen LogP contribution is 2.15. The van der Waals surface area contributed by atoms with Crippen molar-refractivity contribution < 1.29 is 18.1 Å². The molecule has 0 heterocycles. The summed E-state index contributed by atoms with van der Waals surface area (Å²) in [6, 6.07) is 12.2. The van der Waals surface area contributed by atoms with E-state index in [1.54, 1.807) is 24.3 Å². The van der Waals surface area contributed by atoms with Crippen LogP contribution in [0.15, 0.2) is 53.4 Å². The van der Waals surface area contributed by atoms with Gasteiger partial charge in [-0.3, -0.25) is 14.9 Å². The highest BCUT2D eigenvalue weighted by Gasteiger charge is 2.07. The highest BCUT2D eigenvalue weighted by molar-refractivity contribution is 7.89. The summed E-state index contributed by atoms with van der Waals surface area (Å²) in [7, 11) is -3.71. The third-order valence-corrected chi connectivity index (χ3v) is 4.88. The molecule has 0 saturated carbocycles. The van der Waals surface area contributed by atoms with E-state index >= 15 is 0 Å². The molecule has 29 heavy (non-hydrogen) atoms. The average molecular weight is 421 g/mol. The molecule has 0 aliphatic carbocycles. The quantitative estimate of drug-likeness (QED) is 0.239. The number of nitro groups is 1. The Morgan fingerprint density at radius 3 is 2.28 bits per heavy atom. The lowest BCUT2D eigenvalue weighted by atomic mass is 10.2. The summed E-state index contributed by atoms with van der Waals surface area (Å²) >= 11 is 0. The molecule has 0 saturated heterocycles. The molecule has 0 aliphatic rings. The maximum absolute atomic E-state index is 11.8. The van der Waals surface area contributed by atoms with Gasteiger partial charge in [0.2, 0.25) is 15.9 Å². The molecule has 2 rings (SSSR count). The molecular formula is C18H23N5O5S. The Morgan fingerprint density at radius 1 is 1.03 bits per heavy atom. The van der Waals surface area contributed by atoms with E-state index in [4.69, 9.17) is 5.14 Å². The van der Waals surface area contributed by atoms with Crippen molar-refractivity contribution >= 4 is 27.3 Å². The SMILES string of the molecule is NS(=O)(=O)c1ccc(CNCC(=O)NCCCNc2ccc([N+](=O)[O-])cc2)cc1. The first-order valence-corrected chi connectivity index (χ1v) is 10.4. The molecule has 2 aromatic rings. The molecule has 10 nitrogen and oxygen atoms in total. The van der Waals surface area contributed by atoms with Crippen LogP contribution >= 0.6 is 0 Å². The van der Waals surface area contributed by atoms with E-state index in [9.17, 15) is 23.3 Å². The summed E-state index contributed by atoms with van der Waals surface area (Å²) in [5, 5.41) is 24.5. The first-order valence-electron chi connectivity index (χ1n) is 8.83. The maximum Gasteiger partial charge on any atom is 0.269 e. The molecule has 0 bridgehead atoms. The summed E-state index contributed by atoms with van der Waals surface area (Å²) in [5.41, 5.74) is 1.64. The summed E-state index contributed by atoms with van der Waals surface area (Å²) < 4.78 is 22.4. The molecule has 11 heteroatoms. The molecule has 156 valence electrons. The Kier molecular flexibility index (Phi) is 8.07. The fourth-order valence-corrected chi connectivity index (χ4v) is 2.95. The lowest BCUT2D eigenvalue weighted by molar-refractivity contribution is -0.384. The zero-order valence-electron chi connectivity index (χ0n) is 15.6. The number of carbonyl (C=O) groups is 1. The van der Waals surface area contributed by atoms with Crippen LogP contribution in [0, 0.1) is 10.1 Å². The second-order valence-electron chi connectivity index (χ2n) is 6.23. The third kappa shape index (κ3) is 7.86. The number of hydrogen-bond donors (Lipinski definition) is 4. The summed E-state index contributed by atoms with van der Waals surface area (Å²) in [4.78, 5) is 22.0. The molecule has 5 N–H and O–H groups in total. The molecule has 0 fully saturated rings. The van der Waals surface area contributed by atoms with Gasteiger partial charge in [0, 0.05) is 37.5 Å². The Labute approximate surface area is 168 Å². The minimum atomic E-state index is -3.71. The van der Waals surface area contributed by atoms with Crippen molar-refractivity contribution in [2.75, 3.05) is 25.0 Å². The third-order valence-electron chi connectivity index (χ3n) is 3.95. The van der Waals surface area contributed by atoms with Crippen LogP contribution in [-0.4, -0.2) is 38.9 Å². The molecule has 0 radical (unpaired) electrons. The summed E-state index contributed by atoms with van der Waals surface area (Å²) in [5.74, 6) is -0.151. The number of anilines is 1. The minimum absolute atomic E-state index is 0.0377. The van der Waals surface area contributed by atoms with E-state index in [1.165, 1.54) is 24.3 Å². The first-order chi connectivity index (χ1) is 13.8. The number of hydrogen-bond acceptors (Lipinski definition) is 7. The van der Waals surface area contributed by atoms with Crippen LogP contribution in [0.25, 0.3) is 0 Å². The van der Waals surface area contributed by atoms with Crippen LogP contribution < -0.4 is 21.1 Å². The van der Waals surface area contributed by atoms with Gasteiger partial charge in [-0.1, -0.05) is 12.1 Å². The number of nitrogens with zero attached hydrogens (tertiary/aromatic N) is 1. The topological polar surface area (TPSA) is 156 Å². The second kappa shape index (κ2) is 10.5. The smallest absolute Gasteiger partial charge is 0.269 e. The predicted octanol–water partition coefficient (Wildman–Crippen LogP) is 0.950. The Balaban J connectivity index is 1.58. The number of nitro benzene ring substituents is 1. The van der Waals surface area contributed by atoms with Crippen molar-refractivity contribution in [3.63, 3.8) is 0 Å². The zero-order valence-corrected chi connectivity index (χ0v) is 16.4. The van der Waals surface area contributed by atoms with Crippen molar-refractivity contribution in [3.8, 4) is 0 Å².